The topological polar surface area (TPSA) is 53.3 Å². The molecule has 4 N–H and O–H groups in total. The van der Waals surface area contributed by atoms with E-state index in [-0.39, 0.29) is 6.04 Å². The van der Waals surface area contributed by atoms with E-state index < -0.39 is 0 Å². The lowest BCUT2D eigenvalue weighted by atomic mass is 10.00. The minimum atomic E-state index is 0.242. The van der Waals surface area contributed by atoms with Crippen molar-refractivity contribution < 1.29 is 0 Å². The Bertz CT molecular complexity index is 551. The van der Waals surface area contributed by atoms with Gasteiger partial charge in [-0.1, -0.05) is 37.4 Å². The number of hydrogen-bond acceptors (Lipinski definition) is 4. The number of benzene rings is 1. The quantitative estimate of drug-likeness (QED) is 0.407. The summed E-state index contributed by atoms with van der Waals surface area (Å²) in [5.41, 5.74) is 9.76. The smallest absolute Gasteiger partial charge is 0.0467 e. The van der Waals surface area contributed by atoms with Gasteiger partial charge in [-0.2, -0.15) is 0 Å². The Morgan fingerprint density at radius 1 is 1.33 bits per heavy atom. The van der Waals surface area contributed by atoms with Crippen LogP contribution in [-0.4, -0.2) is 44.7 Å². The summed E-state index contributed by atoms with van der Waals surface area (Å²) in [4.78, 5) is 2.19. The monoisotopic (exact) mass is 328 g/mol. The Labute approximate surface area is 147 Å². The van der Waals surface area contributed by atoms with Crippen LogP contribution in [0.15, 0.2) is 44.0 Å². The maximum atomic E-state index is 5.64. The first kappa shape index (κ1) is 20.0. The molecule has 0 spiro atoms. The van der Waals surface area contributed by atoms with Crippen LogP contribution in [0, 0.1) is 0 Å². The highest BCUT2D eigenvalue weighted by molar-refractivity contribution is 5.81. The molecule has 4 nitrogen and oxygen atoms in total. The van der Waals surface area contributed by atoms with Crippen LogP contribution in [0.2, 0.25) is 0 Å². The van der Waals surface area contributed by atoms with Crippen LogP contribution >= 0.6 is 0 Å². The average Bonchev–Trinajstić information content (AvgIpc) is 2.62. The SMILES string of the molecule is C=Cc1cccc(NCCN)c1C(=C)N(C)C(C=C)CCCNC. The molecule has 1 unspecified atom stereocenters. The summed E-state index contributed by atoms with van der Waals surface area (Å²) in [6, 6.07) is 6.37. The second kappa shape index (κ2) is 10.7. The van der Waals surface area contributed by atoms with Crippen molar-refractivity contribution in [1.29, 1.82) is 0 Å². The number of anilines is 1. The van der Waals surface area contributed by atoms with Crippen LogP contribution < -0.4 is 16.4 Å². The molecule has 0 radical (unpaired) electrons. The number of rotatable bonds is 12. The molecular weight excluding hydrogens is 296 g/mol. The molecule has 0 saturated carbocycles. The zero-order valence-electron chi connectivity index (χ0n) is 15.1. The van der Waals surface area contributed by atoms with E-state index in [1.54, 1.807) is 0 Å². The highest BCUT2D eigenvalue weighted by Gasteiger charge is 2.18. The van der Waals surface area contributed by atoms with Crippen LogP contribution in [0.1, 0.15) is 24.0 Å². The van der Waals surface area contributed by atoms with Crippen LogP contribution in [0.25, 0.3) is 11.8 Å². The van der Waals surface area contributed by atoms with Gasteiger partial charge in [0.05, 0.1) is 0 Å². The molecule has 0 bridgehead atoms. The summed E-state index contributed by atoms with van der Waals surface area (Å²) in [6.45, 7) is 14.6. The first-order valence-electron chi connectivity index (χ1n) is 8.49. The molecule has 0 saturated heterocycles. The predicted molar refractivity (Wildman–Crippen MR) is 108 cm³/mol. The predicted octanol–water partition coefficient (Wildman–Crippen LogP) is 3.16. The van der Waals surface area contributed by atoms with Crippen LogP contribution in [-0.2, 0) is 0 Å². The summed E-state index contributed by atoms with van der Waals surface area (Å²) < 4.78 is 0. The van der Waals surface area contributed by atoms with Crippen molar-refractivity contribution in [2.45, 2.75) is 18.9 Å². The van der Waals surface area contributed by atoms with Gasteiger partial charge in [0.15, 0.2) is 0 Å². The third kappa shape index (κ3) is 5.25. The van der Waals surface area contributed by atoms with Crippen molar-refractivity contribution in [1.82, 2.24) is 10.2 Å². The van der Waals surface area contributed by atoms with Crippen molar-refractivity contribution in [2.24, 2.45) is 5.73 Å². The number of nitrogens with two attached hydrogens (primary N) is 1. The second-order valence-electron chi connectivity index (χ2n) is 5.80. The minimum absolute atomic E-state index is 0.242. The molecule has 132 valence electrons. The highest BCUT2D eigenvalue weighted by Crippen LogP contribution is 2.31. The van der Waals surface area contributed by atoms with Crippen LogP contribution in [0.5, 0.6) is 0 Å². The third-order valence-corrected chi connectivity index (χ3v) is 4.19. The van der Waals surface area contributed by atoms with Crippen molar-refractivity contribution in [2.75, 3.05) is 39.0 Å². The zero-order valence-corrected chi connectivity index (χ0v) is 15.1. The molecule has 0 aromatic heterocycles. The molecule has 4 heteroatoms. The number of hydrogen-bond donors (Lipinski definition) is 3. The lowest BCUT2D eigenvalue weighted by Gasteiger charge is -2.31. The molecule has 0 amide bonds. The maximum Gasteiger partial charge on any atom is 0.0467 e. The fourth-order valence-electron chi connectivity index (χ4n) is 2.75. The van der Waals surface area contributed by atoms with Gasteiger partial charge in [0.25, 0.3) is 0 Å². The van der Waals surface area contributed by atoms with Crippen molar-refractivity contribution in [3.8, 4) is 0 Å². The molecule has 1 aromatic carbocycles. The molecule has 0 aliphatic rings. The lowest BCUT2D eigenvalue weighted by molar-refractivity contribution is 0.377. The first-order valence-corrected chi connectivity index (χ1v) is 8.49. The first-order chi connectivity index (χ1) is 11.6. The minimum Gasteiger partial charge on any atom is -0.383 e. The van der Waals surface area contributed by atoms with E-state index in [2.05, 4.69) is 54.5 Å². The highest BCUT2D eigenvalue weighted by atomic mass is 15.1. The van der Waals surface area contributed by atoms with E-state index in [9.17, 15) is 0 Å². The van der Waals surface area contributed by atoms with Gasteiger partial charge in [-0.05, 0) is 38.1 Å². The van der Waals surface area contributed by atoms with Gasteiger partial charge in [-0.15, -0.1) is 6.58 Å². The van der Waals surface area contributed by atoms with Gasteiger partial charge < -0.3 is 21.3 Å². The molecule has 24 heavy (non-hydrogen) atoms. The van der Waals surface area contributed by atoms with Crippen molar-refractivity contribution >= 4 is 17.5 Å². The number of nitrogens with one attached hydrogen (secondary N) is 2. The van der Waals surface area contributed by atoms with Gasteiger partial charge in [-0.25, -0.2) is 0 Å². The van der Waals surface area contributed by atoms with Gasteiger partial charge in [0, 0.05) is 43.1 Å². The van der Waals surface area contributed by atoms with Gasteiger partial charge >= 0.3 is 0 Å². The maximum absolute atomic E-state index is 5.64. The Hall–Kier alpha value is -2.04. The molecule has 0 heterocycles. The van der Waals surface area contributed by atoms with E-state index in [4.69, 9.17) is 5.73 Å². The van der Waals surface area contributed by atoms with Crippen molar-refractivity contribution in [3.05, 3.63) is 55.1 Å². The van der Waals surface area contributed by atoms with Crippen LogP contribution in [0.4, 0.5) is 5.69 Å². The lowest BCUT2D eigenvalue weighted by Crippen LogP contribution is -2.29. The molecule has 0 aliphatic heterocycles. The molecular formula is C20H32N4. The largest absolute Gasteiger partial charge is 0.383 e. The molecule has 1 aromatic rings. The summed E-state index contributed by atoms with van der Waals surface area (Å²) in [7, 11) is 4.04. The molecule has 1 rings (SSSR count). The third-order valence-electron chi connectivity index (χ3n) is 4.19. The fraction of sp³-hybridized carbons (Fsp3) is 0.400. The summed E-state index contributed by atoms with van der Waals surface area (Å²) >= 11 is 0. The molecule has 0 fully saturated rings. The average molecular weight is 329 g/mol. The van der Waals surface area contributed by atoms with Gasteiger partial charge in [-0.3, -0.25) is 0 Å². The Kier molecular flexibility index (Phi) is 8.90. The van der Waals surface area contributed by atoms with Crippen molar-refractivity contribution in [3.63, 3.8) is 0 Å². The second-order valence-corrected chi connectivity index (χ2v) is 5.80. The van der Waals surface area contributed by atoms with E-state index in [0.29, 0.717) is 6.54 Å². The normalized spacial score (nSPS) is 11.6. The Balaban J connectivity index is 3.06. The fourth-order valence-corrected chi connectivity index (χ4v) is 2.75. The summed E-state index contributed by atoms with van der Waals surface area (Å²) in [5.74, 6) is 0. The summed E-state index contributed by atoms with van der Waals surface area (Å²) in [6.07, 6.45) is 5.98. The Morgan fingerprint density at radius 2 is 2.08 bits per heavy atom. The molecule has 0 aliphatic carbocycles. The van der Waals surface area contributed by atoms with Gasteiger partial charge in [0.2, 0.25) is 0 Å². The van der Waals surface area contributed by atoms with Gasteiger partial charge in [0.1, 0.15) is 0 Å². The summed E-state index contributed by atoms with van der Waals surface area (Å²) in [5, 5.41) is 6.57. The van der Waals surface area contributed by atoms with E-state index >= 15 is 0 Å². The number of likely N-dealkylation sites (N-methyl/N-ethyl adjacent to an activating group) is 1. The number of nitrogens with zero attached hydrogens (tertiary/aromatic N) is 1. The standard InChI is InChI=1S/C20H32N4/c1-6-17-10-8-12-19(23-15-13-21)20(17)16(3)24(5)18(7-2)11-9-14-22-4/h6-8,10,12,18,22-23H,1-3,9,11,13-15,21H2,4-5H3. The zero-order chi connectivity index (χ0) is 17.9. The van der Waals surface area contributed by atoms with E-state index in [1.165, 1.54) is 0 Å². The van der Waals surface area contributed by atoms with E-state index in [0.717, 1.165) is 48.4 Å². The Morgan fingerprint density at radius 3 is 2.67 bits per heavy atom. The van der Waals surface area contributed by atoms with Crippen LogP contribution in [0.3, 0.4) is 0 Å². The van der Waals surface area contributed by atoms with E-state index in [1.807, 2.05) is 25.3 Å². The molecule has 1 atom stereocenters.